The molecule has 6 heteroatoms. The standard InChI is InChI=1S/C10H15N5O/c1-4-7-6(3)9(16-5-2)14-15-8(7)12-13-10(15)11/h4-5H2,1-3H3,(H2,11,13). The molecule has 2 N–H and O–H groups in total. The predicted molar refractivity (Wildman–Crippen MR) is 60.5 cm³/mol. The van der Waals surface area contributed by atoms with E-state index < -0.39 is 0 Å². The van der Waals surface area contributed by atoms with Crippen molar-refractivity contribution in [1.82, 2.24) is 19.8 Å². The van der Waals surface area contributed by atoms with Gasteiger partial charge in [-0.2, -0.15) is 4.52 Å². The molecule has 0 unspecified atom stereocenters. The van der Waals surface area contributed by atoms with Crippen LogP contribution in [-0.4, -0.2) is 26.4 Å². The Morgan fingerprint density at radius 2 is 2.06 bits per heavy atom. The topological polar surface area (TPSA) is 78.3 Å². The number of anilines is 1. The quantitative estimate of drug-likeness (QED) is 0.835. The van der Waals surface area contributed by atoms with Crippen molar-refractivity contribution < 1.29 is 4.74 Å². The van der Waals surface area contributed by atoms with Crippen LogP contribution in [-0.2, 0) is 6.42 Å². The summed E-state index contributed by atoms with van der Waals surface area (Å²) in [5.41, 5.74) is 8.47. The van der Waals surface area contributed by atoms with E-state index in [-0.39, 0.29) is 5.95 Å². The SMILES string of the molecule is CCOc1nn2c(N)nnc2c(CC)c1C. The van der Waals surface area contributed by atoms with Crippen molar-refractivity contribution in [3.8, 4) is 5.88 Å². The molecule has 0 aliphatic rings. The third-order valence-electron chi connectivity index (χ3n) is 2.53. The summed E-state index contributed by atoms with van der Waals surface area (Å²) in [6.07, 6.45) is 0.843. The van der Waals surface area contributed by atoms with Crippen molar-refractivity contribution in [2.75, 3.05) is 12.3 Å². The van der Waals surface area contributed by atoms with E-state index in [0.29, 0.717) is 18.1 Å². The minimum atomic E-state index is 0.283. The fourth-order valence-electron chi connectivity index (χ4n) is 1.74. The number of nitrogens with zero attached hydrogens (tertiary/aromatic N) is 4. The molecule has 2 aromatic heterocycles. The molecule has 6 nitrogen and oxygen atoms in total. The van der Waals surface area contributed by atoms with Gasteiger partial charge in [-0.25, -0.2) is 0 Å². The van der Waals surface area contributed by atoms with Crippen molar-refractivity contribution in [2.45, 2.75) is 27.2 Å². The maximum atomic E-state index is 5.69. The van der Waals surface area contributed by atoms with Crippen molar-refractivity contribution in [2.24, 2.45) is 0 Å². The Hall–Kier alpha value is -1.85. The summed E-state index contributed by atoms with van der Waals surface area (Å²) in [6, 6.07) is 0. The molecule has 0 saturated heterocycles. The van der Waals surface area contributed by atoms with Gasteiger partial charge in [0.1, 0.15) is 0 Å². The van der Waals surface area contributed by atoms with Gasteiger partial charge < -0.3 is 10.5 Å². The second-order valence-corrected chi connectivity index (χ2v) is 3.49. The maximum absolute atomic E-state index is 5.69. The first-order valence-electron chi connectivity index (χ1n) is 5.32. The number of hydrogen-bond donors (Lipinski definition) is 1. The molecule has 0 atom stereocenters. The van der Waals surface area contributed by atoms with Gasteiger partial charge in [-0.15, -0.1) is 15.3 Å². The normalized spacial score (nSPS) is 10.9. The van der Waals surface area contributed by atoms with E-state index in [1.54, 1.807) is 0 Å². The highest BCUT2D eigenvalue weighted by atomic mass is 16.5. The van der Waals surface area contributed by atoms with Gasteiger partial charge in [0.05, 0.1) is 6.61 Å². The molecule has 16 heavy (non-hydrogen) atoms. The Morgan fingerprint density at radius 3 is 2.69 bits per heavy atom. The van der Waals surface area contributed by atoms with E-state index in [1.165, 1.54) is 4.52 Å². The fraction of sp³-hybridized carbons (Fsp3) is 0.500. The van der Waals surface area contributed by atoms with Crippen LogP contribution in [0.25, 0.3) is 5.65 Å². The third-order valence-corrected chi connectivity index (χ3v) is 2.53. The van der Waals surface area contributed by atoms with Crippen LogP contribution in [0.2, 0.25) is 0 Å². The van der Waals surface area contributed by atoms with Gasteiger partial charge in [0.15, 0.2) is 5.65 Å². The van der Waals surface area contributed by atoms with Gasteiger partial charge in [-0.3, -0.25) is 0 Å². The first kappa shape index (κ1) is 10.7. The maximum Gasteiger partial charge on any atom is 0.243 e. The molecule has 0 amide bonds. The van der Waals surface area contributed by atoms with Crippen LogP contribution in [0.1, 0.15) is 25.0 Å². The minimum Gasteiger partial charge on any atom is -0.477 e. The molecule has 0 saturated carbocycles. The Kier molecular flexibility index (Phi) is 2.64. The van der Waals surface area contributed by atoms with E-state index >= 15 is 0 Å². The zero-order valence-electron chi connectivity index (χ0n) is 9.69. The Balaban J connectivity index is 2.74. The predicted octanol–water partition coefficient (Wildman–Crippen LogP) is 0.976. The molecule has 0 fully saturated rings. The zero-order valence-corrected chi connectivity index (χ0v) is 9.69. The van der Waals surface area contributed by atoms with Crippen LogP contribution >= 0.6 is 0 Å². The van der Waals surface area contributed by atoms with E-state index in [9.17, 15) is 0 Å². The minimum absolute atomic E-state index is 0.283. The highest BCUT2D eigenvalue weighted by Crippen LogP contribution is 2.23. The Labute approximate surface area is 93.4 Å². The molecule has 2 aromatic rings. The lowest BCUT2D eigenvalue weighted by Crippen LogP contribution is -2.07. The lowest BCUT2D eigenvalue weighted by atomic mass is 10.1. The van der Waals surface area contributed by atoms with Gasteiger partial charge in [0, 0.05) is 11.1 Å². The molecule has 86 valence electrons. The summed E-state index contributed by atoms with van der Waals surface area (Å²) in [7, 11) is 0. The summed E-state index contributed by atoms with van der Waals surface area (Å²) in [4.78, 5) is 0. The number of aromatic nitrogens is 4. The summed E-state index contributed by atoms with van der Waals surface area (Å²) in [5, 5.41) is 12.1. The molecule has 0 spiro atoms. The lowest BCUT2D eigenvalue weighted by Gasteiger charge is -2.10. The van der Waals surface area contributed by atoms with Crippen LogP contribution in [0.4, 0.5) is 5.95 Å². The van der Waals surface area contributed by atoms with Gasteiger partial charge in [0.25, 0.3) is 0 Å². The van der Waals surface area contributed by atoms with E-state index in [0.717, 1.165) is 17.5 Å². The second-order valence-electron chi connectivity index (χ2n) is 3.49. The summed E-state index contributed by atoms with van der Waals surface area (Å²) < 4.78 is 6.99. The first-order valence-corrected chi connectivity index (χ1v) is 5.32. The van der Waals surface area contributed by atoms with Crippen LogP contribution in [0.5, 0.6) is 5.88 Å². The van der Waals surface area contributed by atoms with Crippen molar-refractivity contribution in [3.05, 3.63) is 11.1 Å². The number of ether oxygens (including phenoxy) is 1. The second kappa shape index (κ2) is 3.96. The fourth-order valence-corrected chi connectivity index (χ4v) is 1.74. The molecule has 0 aromatic carbocycles. The number of nitrogen functional groups attached to an aromatic ring is 1. The van der Waals surface area contributed by atoms with E-state index in [2.05, 4.69) is 22.2 Å². The first-order chi connectivity index (χ1) is 7.69. The largest absolute Gasteiger partial charge is 0.477 e. The molecule has 2 heterocycles. The molecule has 0 radical (unpaired) electrons. The number of hydrogen-bond acceptors (Lipinski definition) is 5. The van der Waals surface area contributed by atoms with Crippen LogP contribution in [0, 0.1) is 6.92 Å². The van der Waals surface area contributed by atoms with Gasteiger partial charge >= 0.3 is 0 Å². The lowest BCUT2D eigenvalue weighted by molar-refractivity contribution is 0.318. The van der Waals surface area contributed by atoms with E-state index in [1.807, 2.05) is 13.8 Å². The highest BCUT2D eigenvalue weighted by Gasteiger charge is 2.15. The van der Waals surface area contributed by atoms with Gasteiger partial charge in [-0.05, 0) is 20.3 Å². The van der Waals surface area contributed by atoms with Crippen molar-refractivity contribution >= 4 is 11.6 Å². The zero-order chi connectivity index (χ0) is 11.7. The van der Waals surface area contributed by atoms with Crippen LogP contribution in [0.15, 0.2) is 0 Å². The molecule has 2 rings (SSSR count). The van der Waals surface area contributed by atoms with Crippen molar-refractivity contribution in [3.63, 3.8) is 0 Å². The number of rotatable bonds is 3. The summed E-state index contributed by atoms with van der Waals surface area (Å²) in [5.74, 6) is 0.879. The van der Waals surface area contributed by atoms with Gasteiger partial charge in [0.2, 0.25) is 11.8 Å². The average molecular weight is 221 g/mol. The Bertz CT molecular complexity index is 519. The average Bonchev–Trinajstić information content (AvgIpc) is 2.62. The number of nitrogens with two attached hydrogens (primary N) is 1. The van der Waals surface area contributed by atoms with Crippen LogP contribution < -0.4 is 10.5 Å². The third kappa shape index (κ3) is 1.46. The van der Waals surface area contributed by atoms with Crippen molar-refractivity contribution in [1.29, 1.82) is 0 Å². The molecular weight excluding hydrogens is 206 g/mol. The smallest absolute Gasteiger partial charge is 0.243 e. The summed E-state index contributed by atoms with van der Waals surface area (Å²) >= 11 is 0. The molecule has 0 aliphatic heterocycles. The number of fused-ring (bicyclic) bond motifs is 1. The molecule has 0 bridgehead atoms. The summed E-state index contributed by atoms with van der Waals surface area (Å²) in [6.45, 7) is 6.53. The monoisotopic (exact) mass is 221 g/mol. The van der Waals surface area contributed by atoms with Gasteiger partial charge in [-0.1, -0.05) is 6.92 Å². The highest BCUT2D eigenvalue weighted by molar-refractivity contribution is 5.55. The van der Waals surface area contributed by atoms with E-state index in [4.69, 9.17) is 10.5 Å². The molecule has 0 aliphatic carbocycles. The van der Waals surface area contributed by atoms with Crippen LogP contribution in [0.3, 0.4) is 0 Å². The number of aryl methyl sites for hydroxylation is 1. The molecular formula is C10H15N5O. The Morgan fingerprint density at radius 1 is 1.31 bits per heavy atom.